The van der Waals surface area contributed by atoms with Crippen LogP contribution in [0.4, 0.5) is 0 Å². The third-order valence-electron chi connectivity index (χ3n) is 4.40. The minimum atomic E-state index is -0.387. The maximum Gasteiger partial charge on any atom is 0.0897 e. The Labute approximate surface area is 119 Å². The molecule has 114 valence electrons. The highest BCUT2D eigenvalue weighted by Crippen LogP contribution is 2.26. The van der Waals surface area contributed by atoms with Crippen LogP contribution >= 0.6 is 0 Å². The molecule has 0 aromatic rings. The second kappa shape index (κ2) is 8.93. The molecular weight excluding hydrogens is 238 g/mol. The number of aliphatic hydroxyl groups excluding tert-OH is 1. The Morgan fingerprint density at radius 2 is 1.95 bits per heavy atom. The molecule has 0 aliphatic heterocycles. The first kappa shape index (κ1) is 16.9. The molecule has 1 aliphatic rings. The molecule has 4 atom stereocenters. The van der Waals surface area contributed by atoms with Gasteiger partial charge in [0.2, 0.25) is 0 Å². The van der Waals surface area contributed by atoms with Crippen LogP contribution in [0.25, 0.3) is 0 Å². The van der Waals surface area contributed by atoms with Crippen LogP contribution < -0.4 is 5.32 Å². The molecule has 3 heteroatoms. The van der Waals surface area contributed by atoms with E-state index in [1.54, 1.807) is 0 Å². The predicted molar refractivity (Wildman–Crippen MR) is 80.3 cm³/mol. The Balaban J connectivity index is 2.18. The zero-order valence-corrected chi connectivity index (χ0v) is 13.2. The van der Waals surface area contributed by atoms with Gasteiger partial charge in [0, 0.05) is 12.6 Å². The summed E-state index contributed by atoms with van der Waals surface area (Å²) in [5, 5.41) is 13.4. The number of aliphatic hydroxyl groups is 1. The highest BCUT2D eigenvalue weighted by molar-refractivity contribution is 4.74. The fourth-order valence-electron chi connectivity index (χ4n) is 2.96. The number of nitrogens with one attached hydrogen (secondary N) is 1. The lowest BCUT2D eigenvalue weighted by atomic mass is 9.88. The van der Waals surface area contributed by atoms with Crippen molar-refractivity contribution in [1.82, 2.24) is 5.32 Å². The summed E-state index contributed by atoms with van der Waals surface area (Å²) in [5.74, 6) is 1.25. The molecule has 0 heterocycles. The van der Waals surface area contributed by atoms with Crippen LogP contribution in [-0.4, -0.2) is 36.5 Å². The summed E-state index contributed by atoms with van der Waals surface area (Å²) >= 11 is 0. The van der Waals surface area contributed by atoms with E-state index >= 15 is 0 Å². The smallest absolute Gasteiger partial charge is 0.0897 e. The van der Waals surface area contributed by atoms with Gasteiger partial charge in [0.1, 0.15) is 0 Å². The van der Waals surface area contributed by atoms with Gasteiger partial charge in [-0.05, 0) is 31.1 Å². The van der Waals surface area contributed by atoms with Crippen LogP contribution in [0.3, 0.4) is 0 Å². The van der Waals surface area contributed by atoms with Gasteiger partial charge in [0.15, 0.2) is 0 Å². The van der Waals surface area contributed by atoms with E-state index in [-0.39, 0.29) is 6.10 Å². The SMILES string of the molecule is CCC(NCC(O)COC1CCCCC1C)C(C)C. The lowest BCUT2D eigenvalue weighted by Gasteiger charge is -2.30. The third kappa shape index (κ3) is 6.24. The van der Waals surface area contributed by atoms with Crippen molar-refractivity contribution in [3.05, 3.63) is 0 Å². The fourth-order valence-corrected chi connectivity index (χ4v) is 2.96. The van der Waals surface area contributed by atoms with Crippen LogP contribution in [0.1, 0.15) is 59.8 Å². The predicted octanol–water partition coefficient (Wildman–Crippen LogP) is 2.97. The van der Waals surface area contributed by atoms with Gasteiger partial charge in [0.05, 0.1) is 18.8 Å². The van der Waals surface area contributed by atoms with Gasteiger partial charge in [-0.2, -0.15) is 0 Å². The van der Waals surface area contributed by atoms with Crippen molar-refractivity contribution >= 4 is 0 Å². The highest BCUT2D eigenvalue weighted by atomic mass is 16.5. The van der Waals surface area contributed by atoms with E-state index in [0.717, 1.165) is 12.8 Å². The molecule has 0 aromatic heterocycles. The number of hydrogen-bond donors (Lipinski definition) is 2. The Morgan fingerprint density at radius 1 is 1.26 bits per heavy atom. The first-order chi connectivity index (χ1) is 9.04. The van der Waals surface area contributed by atoms with Crippen molar-refractivity contribution in [2.24, 2.45) is 11.8 Å². The average Bonchev–Trinajstić information content (AvgIpc) is 2.38. The van der Waals surface area contributed by atoms with Crippen LogP contribution in [0.5, 0.6) is 0 Å². The molecule has 0 spiro atoms. The van der Waals surface area contributed by atoms with E-state index in [4.69, 9.17) is 4.74 Å². The minimum absolute atomic E-state index is 0.357. The molecule has 0 amide bonds. The molecule has 1 saturated carbocycles. The second-order valence-corrected chi connectivity index (χ2v) is 6.45. The molecule has 3 nitrogen and oxygen atoms in total. The van der Waals surface area contributed by atoms with Crippen molar-refractivity contribution < 1.29 is 9.84 Å². The summed E-state index contributed by atoms with van der Waals surface area (Å²) in [6.07, 6.45) is 6.10. The molecule has 1 aliphatic carbocycles. The summed E-state index contributed by atoms with van der Waals surface area (Å²) in [4.78, 5) is 0. The van der Waals surface area contributed by atoms with Gasteiger partial charge in [-0.25, -0.2) is 0 Å². The maximum absolute atomic E-state index is 10.0. The lowest BCUT2D eigenvalue weighted by Crippen LogP contribution is -2.40. The van der Waals surface area contributed by atoms with Crippen LogP contribution in [0, 0.1) is 11.8 Å². The zero-order valence-electron chi connectivity index (χ0n) is 13.2. The van der Waals surface area contributed by atoms with Gasteiger partial charge in [-0.15, -0.1) is 0 Å². The van der Waals surface area contributed by atoms with Gasteiger partial charge < -0.3 is 15.2 Å². The van der Waals surface area contributed by atoms with Crippen molar-refractivity contribution in [3.63, 3.8) is 0 Å². The molecular formula is C16H33NO2. The quantitative estimate of drug-likeness (QED) is 0.713. The molecule has 19 heavy (non-hydrogen) atoms. The normalized spacial score (nSPS) is 27.5. The van der Waals surface area contributed by atoms with E-state index in [9.17, 15) is 5.11 Å². The Hall–Kier alpha value is -0.120. The lowest BCUT2D eigenvalue weighted by molar-refractivity contribution is -0.0458. The summed E-state index contributed by atoms with van der Waals surface area (Å²) in [6, 6.07) is 0.489. The first-order valence-corrected chi connectivity index (χ1v) is 8.07. The van der Waals surface area contributed by atoms with Gasteiger partial charge in [0.25, 0.3) is 0 Å². The molecule has 0 bridgehead atoms. The van der Waals surface area contributed by atoms with Crippen molar-refractivity contribution in [2.45, 2.75) is 78.0 Å². The van der Waals surface area contributed by atoms with E-state index in [0.29, 0.717) is 37.1 Å². The van der Waals surface area contributed by atoms with Crippen molar-refractivity contribution in [3.8, 4) is 0 Å². The first-order valence-electron chi connectivity index (χ1n) is 8.07. The second-order valence-electron chi connectivity index (χ2n) is 6.45. The van der Waals surface area contributed by atoms with E-state index in [1.807, 2.05) is 0 Å². The fraction of sp³-hybridized carbons (Fsp3) is 1.00. The third-order valence-corrected chi connectivity index (χ3v) is 4.40. The summed E-state index contributed by atoms with van der Waals surface area (Å²) in [5.41, 5.74) is 0. The van der Waals surface area contributed by atoms with Gasteiger partial charge in [-0.3, -0.25) is 0 Å². The number of ether oxygens (including phenoxy) is 1. The highest BCUT2D eigenvalue weighted by Gasteiger charge is 2.22. The minimum Gasteiger partial charge on any atom is -0.389 e. The zero-order chi connectivity index (χ0) is 14.3. The summed E-state index contributed by atoms with van der Waals surface area (Å²) in [6.45, 7) is 9.99. The van der Waals surface area contributed by atoms with Crippen LogP contribution in [0.15, 0.2) is 0 Å². The topological polar surface area (TPSA) is 41.5 Å². The van der Waals surface area contributed by atoms with Gasteiger partial charge >= 0.3 is 0 Å². The number of hydrogen-bond acceptors (Lipinski definition) is 3. The summed E-state index contributed by atoms with van der Waals surface area (Å²) in [7, 11) is 0. The molecule has 0 aromatic carbocycles. The molecule has 2 N–H and O–H groups in total. The van der Waals surface area contributed by atoms with E-state index < -0.39 is 0 Å². The summed E-state index contributed by atoms with van der Waals surface area (Å²) < 4.78 is 5.89. The molecule has 0 radical (unpaired) electrons. The average molecular weight is 271 g/mol. The van der Waals surface area contributed by atoms with Crippen LogP contribution in [0.2, 0.25) is 0 Å². The Kier molecular flexibility index (Phi) is 7.96. The standard InChI is InChI=1S/C16H33NO2/c1-5-15(12(2)3)17-10-14(18)11-19-16-9-7-6-8-13(16)4/h12-18H,5-11H2,1-4H3. The largest absolute Gasteiger partial charge is 0.389 e. The number of rotatable bonds is 8. The van der Waals surface area contributed by atoms with Crippen molar-refractivity contribution in [1.29, 1.82) is 0 Å². The van der Waals surface area contributed by atoms with E-state index in [1.165, 1.54) is 19.3 Å². The van der Waals surface area contributed by atoms with Gasteiger partial charge in [-0.1, -0.05) is 40.5 Å². The van der Waals surface area contributed by atoms with Crippen LogP contribution in [-0.2, 0) is 4.74 Å². The van der Waals surface area contributed by atoms with Crippen molar-refractivity contribution in [2.75, 3.05) is 13.2 Å². The molecule has 4 unspecified atom stereocenters. The molecule has 1 fully saturated rings. The monoisotopic (exact) mass is 271 g/mol. The molecule has 0 saturated heterocycles. The maximum atomic E-state index is 10.0. The Morgan fingerprint density at radius 3 is 2.53 bits per heavy atom. The Bertz CT molecular complexity index is 233. The molecule has 1 rings (SSSR count). The van der Waals surface area contributed by atoms with E-state index in [2.05, 4.69) is 33.0 Å².